The molecule has 6 heteroatoms. The van der Waals surface area contributed by atoms with Gasteiger partial charge in [0.2, 0.25) is 0 Å². The Kier molecular flexibility index (Phi) is 4.34. The highest BCUT2D eigenvalue weighted by Gasteiger charge is 2.12. The van der Waals surface area contributed by atoms with Gasteiger partial charge in [-0.05, 0) is 23.8 Å². The van der Waals surface area contributed by atoms with Gasteiger partial charge >= 0.3 is 5.97 Å². The second-order valence-electron chi connectivity index (χ2n) is 4.07. The van der Waals surface area contributed by atoms with E-state index in [0.29, 0.717) is 22.4 Å². The number of nitrogens with zero attached hydrogens (tertiary/aromatic N) is 1. The molecule has 4 nitrogen and oxygen atoms in total. The standard InChI is InChI=1S/C13H13FN2O2S/c14-10-4-3-8(6-19-7-11(15)13(17)18)12-9(10)2-1-5-16-12/h1-5,11H,6-7,15H2,(H,17,18)/t11-/m1/s1. The summed E-state index contributed by atoms with van der Waals surface area (Å²) in [6.07, 6.45) is 1.61. The van der Waals surface area contributed by atoms with E-state index in [1.807, 2.05) is 0 Å². The first-order valence-corrected chi connectivity index (χ1v) is 6.83. The van der Waals surface area contributed by atoms with E-state index < -0.39 is 12.0 Å². The minimum atomic E-state index is -1.02. The van der Waals surface area contributed by atoms with E-state index >= 15 is 0 Å². The molecule has 2 rings (SSSR count). The number of hydrogen-bond donors (Lipinski definition) is 2. The summed E-state index contributed by atoms with van der Waals surface area (Å²) in [6.45, 7) is 0. The maximum atomic E-state index is 13.6. The highest BCUT2D eigenvalue weighted by atomic mass is 32.2. The highest BCUT2D eigenvalue weighted by Crippen LogP contribution is 2.23. The van der Waals surface area contributed by atoms with Gasteiger partial charge in [0.15, 0.2) is 0 Å². The maximum absolute atomic E-state index is 13.6. The van der Waals surface area contributed by atoms with Gasteiger partial charge in [-0.1, -0.05) is 6.07 Å². The van der Waals surface area contributed by atoms with E-state index in [1.54, 1.807) is 24.4 Å². The van der Waals surface area contributed by atoms with Crippen LogP contribution >= 0.6 is 11.8 Å². The fourth-order valence-corrected chi connectivity index (χ4v) is 2.65. The lowest BCUT2D eigenvalue weighted by atomic mass is 10.1. The van der Waals surface area contributed by atoms with E-state index in [9.17, 15) is 9.18 Å². The van der Waals surface area contributed by atoms with E-state index in [2.05, 4.69) is 4.98 Å². The van der Waals surface area contributed by atoms with Crippen LogP contribution in [-0.4, -0.2) is 27.9 Å². The molecule has 0 saturated heterocycles. The van der Waals surface area contributed by atoms with Gasteiger partial charge in [0.05, 0.1) is 5.52 Å². The van der Waals surface area contributed by atoms with Gasteiger partial charge in [-0.25, -0.2) is 4.39 Å². The Balaban J connectivity index is 2.13. The third kappa shape index (κ3) is 3.21. The van der Waals surface area contributed by atoms with Crippen molar-refractivity contribution in [3.8, 4) is 0 Å². The highest BCUT2D eigenvalue weighted by molar-refractivity contribution is 7.98. The lowest BCUT2D eigenvalue weighted by Gasteiger charge is -2.08. The SMILES string of the molecule is N[C@H](CSCc1ccc(F)c2cccnc12)C(=O)O. The molecule has 1 heterocycles. The fourth-order valence-electron chi connectivity index (χ4n) is 1.68. The Hall–Kier alpha value is -1.66. The maximum Gasteiger partial charge on any atom is 0.321 e. The molecule has 0 aliphatic carbocycles. The summed E-state index contributed by atoms with van der Waals surface area (Å²) in [7, 11) is 0. The number of aliphatic carboxylic acids is 1. The number of nitrogens with two attached hydrogens (primary N) is 1. The Labute approximate surface area is 113 Å². The average Bonchev–Trinajstić information content (AvgIpc) is 2.41. The molecule has 19 heavy (non-hydrogen) atoms. The number of benzene rings is 1. The predicted octanol–water partition coefficient (Wildman–Crippen LogP) is 2.02. The minimum absolute atomic E-state index is 0.306. The molecule has 100 valence electrons. The van der Waals surface area contributed by atoms with Crippen LogP contribution in [0.4, 0.5) is 4.39 Å². The van der Waals surface area contributed by atoms with Crippen LogP contribution in [0.25, 0.3) is 10.9 Å². The zero-order valence-electron chi connectivity index (χ0n) is 10.0. The van der Waals surface area contributed by atoms with Crippen LogP contribution in [0.3, 0.4) is 0 Å². The Morgan fingerprint density at radius 2 is 2.26 bits per heavy atom. The number of carboxylic acid groups (broad SMARTS) is 1. The molecule has 0 amide bonds. The number of rotatable bonds is 5. The number of carboxylic acids is 1. The average molecular weight is 280 g/mol. The first-order valence-electron chi connectivity index (χ1n) is 5.68. The normalized spacial score (nSPS) is 12.5. The van der Waals surface area contributed by atoms with Crippen LogP contribution in [0.15, 0.2) is 30.5 Å². The van der Waals surface area contributed by atoms with Crippen molar-refractivity contribution >= 4 is 28.6 Å². The van der Waals surface area contributed by atoms with E-state index in [0.717, 1.165) is 5.56 Å². The quantitative estimate of drug-likeness (QED) is 0.876. The summed E-state index contributed by atoms with van der Waals surface area (Å²) in [5.41, 5.74) is 6.91. The topological polar surface area (TPSA) is 76.2 Å². The molecule has 0 radical (unpaired) electrons. The number of thioether (sulfide) groups is 1. The predicted molar refractivity (Wildman–Crippen MR) is 73.5 cm³/mol. The molecule has 3 N–H and O–H groups in total. The smallest absolute Gasteiger partial charge is 0.321 e. The zero-order chi connectivity index (χ0) is 13.8. The van der Waals surface area contributed by atoms with Crippen molar-refractivity contribution in [2.75, 3.05) is 5.75 Å². The zero-order valence-corrected chi connectivity index (χ0v) is 10.9. The van der Waals surface area contributed by atoms with Gasteiger partial charge in [0.1, 0.15) is 11.9 Å². The number of fused-ring (bicyclic) bond motifs is 1. The molecule has 0 fully saturated rings. The Morgan fingerprint density at radius 3 is 3.00 bits per heavy atom. The van der Waals surface area contributed by atoms with Crippen LogP contribution in [0.5, 0.6) is 0 Å². The van der Waals surface area contributed by atoms with Crippen molar-refractivity contribution in [1.29, 1.82) is 0 Å². The van der Waals surface area contributed by atoms with E-state index in [1.165, 1.54) is 17.8 Å². The van der Waals surface area contributed by atoms with Gasteiger partial charge < -0.3 is 10.8 Å². The second-order valence-corrected chi connectivity index (χ2v) is 5.10. The third-order valence-electron chi connectivity index (χ3n) is 2.67. The van der Waals surface area contributed by atoms with Crippen molar-refractivity contribution in [3.05, 3.63) is 41.8 Å². The van der Waals surface area contributed by atoms with Crippen molar-refractivity contribution in [3.63, 3.8) is 0 Å². The van der Waals surface area contributed by atoms with Crippen LogP contribution < -0.4 is 5.73 Å². The molecule has 0 aliphatic rings. The molecule has 1 atom stereocenters. The third-order valence-corrected chi connectivity index (χ3v) is 3.78. The summed E-state index contributed by atoms with van der Waals surface area (Å²) in [5.74, 6) is -0.468. The van der Waals surface area contributed by atoms with Crippen molar-refractivity contribution < 1.29 is 14.3 Å². The Morgan fingerprint density at radius 1 is 1.47 bits per heavy atom. The van der Waals surface area contributed by atoms with Gasteiger partial charge in [0.25, 0.3) is 0 Å². The molecule has 0 saturated carbocycles. The van der Waals surface area contributed by atoms with Crippen LogP contribution in [-0.2, 0) is 10.5 Å². The number of halogens is 1. The van der Waals surface area contributed by atoms with Gasteiger partial charge in [-0.15, -0.1) is 0 Å². The molecule has 0 spiro atoms. The van der Waals surface area contributed by atoms with Gasteiger partial charge in [0, 0.05) is 23.1 Å². The van der Waals surface area contributed by atoms with Crippen LogP contribution in [0.1, 0.15) is 5.56 Å². The monoisotopic (exact) mass is 280 g/mol. The van der Waals surface area contributed by atoms with Gasteiger partial charge in [-0.3, -0.25) is 9.78 Å². The van der Waals surface area contributed by atoms with E-state index in [-0.39, 0.29) is 5.82 Å². The number of aromatic nitrogens is 1. The summed E-state index contributed by atoms with van der Waals surface area (Å²) >= 11 is 1.40. The molecule has 0 bridgehead atoms. The summed E-state index contributed by atoms with van der Waals surface area (Å²) in [4.78, 5) is 14.8. The molecule has 0 unspecified atom stereocenters. The van der Waals surface area contributed by atoms with Crippen molar-refractivity contribution in [2.24, 2.45) is 5.73 Å². The fraction of sp³-hybridized carbons (Fsp3) is 0.231. The van der Waals surface area contributed by atoms with Crippen molar-refractivity contribution in [1.82, 2.24) is 4.98 Å². The Bertz CT molecular complexity index is 606. The molecule has 0 aliphatic heterocycles. The number of carbonyl (C=O) groups is 1. The van der Waals surface area contributed by atoms with Crippen molar-refractivity contribution in [2.45, 2.75) is 11.8 Å². The molecule has 1 aromatic carbocycles. The van der Waals surface area contributed by atoms with Crippen LogP contribution in [0.2, 0.25) is 0 Å². The lowest BCUT2D eigenvalue weighted by Crippen LogP contribution is -2.32. The largest absolute Gasteiger partial charge is 0.480 e. The summed E-state index contributed by atoms with van der Waals surface area (Å²) in [5, 5.41) is 9.16. The number of hydrogen-bond acceptors (Lipinski definition) is 4. The lowest BCUT2D eigenvalue weighted by molar-refractivity contribution is -0.137. The molecule has 2 aromatic rings. The van der Waals surface area contributed by atoms with Crippen LogP contribution in [0, 0.1) is 5.82 Å². The minimum Gasteiger partial charge on any atom is -0.480 e. The van der Waals surface area contributed by atoms with Gasteiger partial charge in [-0.2, -0.15) is 11.8 Å². The first kappa shape index (κ1) is 13.8. The molecule has 1 aromatic heterocycles. The summed E-state index contributed by atoms with van der Waals surface area (Å²) < 4.78 is 13.6. The second kappa shape index (κ2) is 5.99. The molecular weight excluding hydrogens is 267 g/mol. The molecular formula is C13H13FN2O2S. The summed E-state index contributed by atoms with van der Waals surface area (Å²) in [6, 6.07) is 5.54. The first-order chi connectivity index (χ1) is 9.09. The van der Waals surface area contributed by atoms with E-state index in [4.69, 9.17) is 10.8 Å². The number of pyridine rings is 1.